The van der Waals surface area contributed by atoms with Crippen molar-refractivity contribution in [1.29, 1.82) is 0 Å². The summed E-state index contributed by atoms with van der Waals surface area (Å²) in [5.74, 6) is 0.267. The van der Waals surface area contributed by atoms with E-state index in [4.69, 9.17) is 11.6 Å². The van der Waals surface area contributed by atoms with Crippen molar-refractivity contribution >= 4 is 23.2 Å². The maximum absolute atomic E-state index is 12.0. The van der Waals surface area contributed by atoms with Gasteiger partial charge in [0, 0.05) is 39.6 Å². The summed E-state index contributed by atoms with van der Waals surface area (Å²) >= 11 is 6.15. The number of amides is 1. The average Bonchev–Trinajstić information content (AvgIpc) is 2.38. The van der Waals surface area contributed by atoms with Gasteiger partial charge in [-0.25, -0.2) is 0 Å². The number of pyridine rings is 1. The largest absolute Gasteiger partial charge is 0.369 e. The molecular weight excluding hydrogens is 250 g/mol. The molecule has 5 heteroatoms. The van der Waals surface area contributed by atoms with Crippen molar-refractivity contribution in [3.63, 3.8) is 0 Å². The summed E-state index contributed by atoms with van der Waals surface area (Å²) in [6.07, 6.45) is 5.35. The molecule has 0 spiro atoms. The van der Waals surface area contributed by atoms with Crippen molar-refractivity contribution in [2.24, 2.45) is 5.92 Å². The van der Waals surface area contributed by atoms with Crippen LogP contribution >= 0.6 is 11.6 Å². The fraction of sp³-hybridized carbons (Fsp3) is 0.538. The molecular formula is C13H18ClN3O. The van der Waals surface area contributed by atoms with Crippen LogP contribution in [-0.2, 0) is 4.79 Å². The second kappa shape index (κ2) is 5.57. The molecule has 0 radical (unpaired) electrons. The van der Waals surface area contributed by atoms with Gasteiger partial charge in [-0.1, -0.05) is 11.6 Å². The second-order valence-corrected chi connectivity index (χ2v) is 5.25. The fourth-order valence-electron chi connectivity index (χ4n) is 2.39. The summed E-state index contributed by atoms with van der Waals surface area (Å²) in [4.78, 5) is 19.9. The molecule has 0 aromatic carbocycles. The molecule has 2 rings (SSSR count). The first-order valence-electron chi connectivity index (χ1n) is 6.15. The van der Waals surface area contributed by atoms with Gasteiger partial charge in [0.05, 0.1) is 16.6 Å². The third-order valence-electron chi connectivity index (χ3n) is 3.30. The Labute approximate surface area is 113 Å². The van der Waals surface area contributed by atoms with E-state index < -0.39 is 0 Å². The predicted molar refractivity (Wildman–Crippen MR) is 72.9 cm³/mol. The maximum atomic E-state index is 12.0. The van der Waals surface area contributed by atoms with Crippen molar-refractivity contribution < 1.29 is 4.79 Å². The highest BCUT2D eigenvalue weighted by Gasteiger charge is 2.27. The van der Waals surface area contributed by atoms with Crippen LogP contribution < -0.4 is 4.90 Å². The lowest BCUT2D eigenvalue weighted by Gasteiger charge is -2.35. The van der Waals surface area contributed by atoms with Crippen LogP contribution in [0.4, 0.5) is 5.69 Å². The van der Waals surface area contributed by atoms with E-state index in [0.717, 1.165) is 31.6 Å². The third kappa shape index (κ3) is 2.75. The normalized spacial score (nSPS) is 19.7. The molecule has 1 aromatic rings. The minimum Gasteiger partial charge on any atom is -0.369 e. The lowest BCUT2D eigenvalue weighted by atomic mass is 9.96. The van der Waals surface area contributed by atoms with E-state index in [2.05, 4.69) is 9.88 Å². The van der Waals surface area contributed by atoms with Gasteiger partial charge in [-0.3, -0.25) is 9.78 Å². The Kier molecular flexibility index (Phi) is 4.07. The number of anilines is 1. The summed E-state index contributed by atoms with van der Waals surface area (Å²) in [6.45, 7) is 1.68. The molecule has 1 aliphatic rings. The van der Waals surface area contributed by atoms with Crippen LogP contribution in [0.25, 0.3) is 0 Å². The van der Waals surface area contributed by atoms with E-state index in [9.17, 15) is 4.79 Å². The number of halogens is 1. The Morgan fingerprint density at radius 2 is 2.33 bits per heavy atom. The number of nitrogens with zero attached hydrogens (tertiary/aromatic N) is 3. The zero-order valence-electron chi connectivity index (χ0n) is 10.8. The van der Waals surface area contributed by atoms with Gasteiger partial charge in [0.15, 0.2) is 0 Å². The number of rotatable bonds is 2. The summed E-state index contributed by atoms with van der Waals surface area (Å²) < 4.78 is 0. The molecule has 1 atom stereocenters. The Balaban J connectivity index is 2.12. The zero-order chi connectivity index (χ0) is 13.1. The minimum atomic E-state index is 0.0676. The molecule has 1 aliphatic heterocycles. The van der Waals surface area contributed by atoms with E-state index in [1.165, 1.54) is 0 Å². The van der Waals surface area contributed by atoms with Crippen LogP contribution in [0.2, 0.25) is 5.02 Å². The van der Waals surface area contributed by atoms with Crippen LogP contribution in [0, 0.1) is 5.92 Å². The minimum absolute atomic E-state index is 0.0676. The van der Waals surface area contributed by atoms with E-state index in [1.807, 2.05) is 6.07 Å². The maximum Gasteiger partial charge on any atom is 0.226 e. The molecule has 18 heavy (non-hydrogen) atoms. The topological polar surface area (TPSA) is 36.4 Å². The molecule has 0 N–H and O–H groups in total. The molecule has 1 amide bonds. The molecule has 1 fully saturated rings. The van der Waals surface area contributed by atoms with Crippen LogP contribution in [0.3, 0.4) is 0 Å². The van der Waals surface area contributed by atoms with Crippen molar-refractivity contribution in [2.45, 2.75) is 12.8 Å². The van der Waals surface area contributed by atoms with Gasteiger partial charge in [-0.2, -0.15) is 0 Å². The van der Waals surface area contributed by atoms with Crippen LogP contribution in [-0.4, -0.2) is 43.0 Å². The SMILES string of the molecule is CN(C)C(=O)C1CCCN(c2ccncc2Cl)C1. The van der Waals surface area contributed by atoms with Crippen LogP contribution in [0.15, 0.2) is 18.5 Å². The van der Waals surface area contributed by atoms with E-state index >= 15 is 0 Å². The highest BCUT2D eigenvalue weighted by molar-refractivity contribution is 6.33. The Morgan fingerprint density at radius 1 is 1.56 bits per heavy atom. The predicted octanol–water partition coefficient (Wildman–Crippen LogP) is 2.04. The molecule has 0 bridgehead atoms. The van der Waals surface area contributed by atoms with E-state index in [0.29, 0.717) is 5.02 Å². The van der Waals surface area contributed by atoms with E-state index in [1.54, 1.807) is 31.4 Å². The van der Waals surface area contributed by atoms with Crippen LogP contribution in [0.5, 0.6) is 0 Å². The zero-order valence-corrected chi connectivity index (χ0v) is 11.5. The summed E-state index contributed by atoms with van der Waals surface area (Å²) in [5, 5.41) is 0.649. The van der Waals surface area contributed by atoms with Gasteiger partial charge < -0.3 is 9.80 Å². The summed E-state index contributed by atoms with van der Waals surface area (Å²) in [6, 6.07) is 1.91. The lowest BCUT2D eigenvalue weighted by molar-refractivity contribution is -0.133. The number of carbonyl (C=O) groups is 1. The first-order chi connectivity index (χ1) is 8.59. The standard InChI is InChI=1S/C13H18ClN3O/c1-16(2)13(18)10-4-3-7-17(9-10)12-5-6-15-8-11(12)14/h5-6,8,10H,3-4,7,9H2,1-2H3. The third-order valence-corrected chi connectivity index (χ3v) is 3.59. The molecule has 1 saturated heterocycles. The number of hydrogen-bond donors (Lipinski definition) is 0. The first-order valence-corrected chi connectivity index (χ1v) is 6.53. The molecule has 1 unspecified atom stereocenters. The number of hydrogen-bond acceptors (Lipinski definition) is 3. The van der Waals surface area contributed by atoms with Gasteiger partial charge in [0.1, 0.15) is 0 Å². The summed E-state index contributed by atoms with van der Waals surface area (Å²) in [5.41, 5.74) is 0.975. The smallest absolute Gasteiger partial charge is 0.226 e. The van der Waals surface area contributed by atoms with Crippen molar-refractivity contribution in [3.05, 3.63) is 23.5 Å². The monoisotopic (exact) mass is 267 g/mol. The van der Waals surface area contributed by atoms with Gasteiger partial charge in [-0.05, 0) is 18.9 Å². The van der Waals surface area contributed by atoms with Gasteiger partial charge in [0.25, 0.3) is 0 Å². The van der Waals surface area contributed by atoms with Crippen molar-refractivity contribution in [3.8, 4) is 0 Å². The number of piperidine rings is 1. The van der Waals surface area contributed by atoms with Gasteiger partial charge in [0.2, 0.25) is 5.91 Å². The molecule has 0 aliphatic carbocycles. The average molecular weight is 268 g/mol. The summed E-state index contributed by atoms with van der Waals surface area (Å²) in [7, 11) is 3.61. The fourth-order valence-corrected chi connectivity index (χ4v) is 2.63. The molecule has 2 heterocycles. The van der Waals surface area contributed by atoms with Gasteiger partial charge in [-0.15, -0.1) is 0 Å². The Hall–Kier alpha value is -1.29. The first kappa shape index (κ1) is 13.1. The lowest BCUT2D eigenvalue weighted by Crippen LogP contribution is -2.42. The molecule has 98 valence electrons. The molecule has 4 nitrogen and oxygen atoms in total. The quantitative estimate of drug-likeness (QED) is 0.823. The molecule has 1 aromatic heterocycles. The Bertz CT molecular complexity index is 436. The van der Waals surface area contributed by atoms with E-state index in [-0.39, 0.29) is 11.8 Å². The number of aromatic nitrogens is 1. The van der Waals surface area contributed by atoms with Gasteiger partial charge >= 0.3 is 0 Å². The second-order valence-electron chi connectivity index (χ2n) is 4.84. The van der Waals surface area contributed by atoms with Crippen molar-refractivity contribution in [1.82, 2.24) is 9.88 Å². The highest BCUT2D eigenvalue weighted by Crippen LogP contribution is 2.29. The Morgan fingerprint density at radius 3 is 3.00 bits per heavy atom. The highest BCUT2D eigenvalue weighted by atomic mass is 35.5. The number of carbonyl (C=O) groups excluding carboxylic acids is 1. The van der Waals surface area contributed by atoms with Crippen LogP contribution in [0.1, 0.15) is 12.8 Å². The molecule has 0 saturated carbocycles. The van der Waals surface area contributed by atoms with Crippen molar-refractivity contribution in [2.75, 3.05) is 32.1 Å².